The van der Waals surface area contributed by atoms with E-state index in [-0.39, 0.29) is 6.54 Å². The molecule has 2 amide bonds. The molecule has 0 spiro atoms. The summed E-state index contributed by atoms with van der Waals surface area (Å²) >= 11 is 0. The topological polar surface area (TPSA) is 57.7 Å². The molecular weight excluding hydrogens is 264 g/mol. The van der Waals surface area contributed by atoms with Gasteiger partial charge >= 0.3 is 6.03 Å². The number of hydrogen-bond acceptors (Lipinski definition) is 3. The summed E-state index contributed by atoms with van der Waals surface area (Å²) in [5.41, 5.74) is 1.39. The monoisotopic (exact) mass is 280 g/mol. The van der Waals surface area contributed by atoms with Gasteiger partial charge in [0.25, 0.3) is 10.0 Å². The maximum absolute atomic E-state index is 12.2. The Morgan fingerprint density at radius 3 is 2.26 bits per heavy atom. The number of nitrogens with zero attached hydrogens (tertiary/aromatic N) is 2. The molecule has 6 heteroatoms. The minimum absolute atomic E-state index is 0.153. The molecule has 5 nitrogen and oxygen atoms in total. The number of amides is 2. The van der Waals surface area contributed by atoms with Crippen molar-refractivity contribution in [2.45, 2.75) is 13.8 Å². The van der Waals surface area contributed by atoms with Crippen molar-refractivity contribution in [3.8, 4) is 0 Å². The molecule has 2 rings (SSSR count). The predicted molar refractivity (Wildman–Crippen MR) is 74.2 cm³/mol. The van der Waals surface area contributed by atoms with Gasteiger partial charge in [0.05, 0.1) is 11.4 Å². The fraction of sp³-hybridized carbons (Fsp3) is 0.308. The van der Waals surface area contributed by atoms with E-state index >= 15 is 0 Å². The molecule has 1 aromatic carbocycles. The number of rotatable bonds is 1. The summed E-state index contributed by atoms with van der Waals surface area (Å²) < 4.78 is 24.9. The summed E-state index contributed by atoms with van der Waals surface area (Å²) in [7, 11) is -2.03. The number of urea groups is 1. The second kappa shape index (κ2) is 4.70. The first-order valence-corrected chi connectivity index (χ1v) is 7.31. The van der Waals surface area contributed by atoms with Gasteiger partial charge in [-0.2, -0.15) is 0 Å². The van der Waals surface area contributed by atoms with E-state index < -0.39 is 16.1 Å². The molecule has 1 fully saturated rings. The number of carbonyl (C=O) groups is 1. The van der Waals surface area contributed by atoms with Crippen LogP contribution in [0.25, 0.3) is 0 Å². The zero-order valence-corrected chi connectivity index (χ0v) is 11.9. The van der Waals surface area contributed by atoms with E-state index in [1.54, 1.807) is 45.2 Å². The summed E-state index contributed by atoms with van der Waals surface area (Å²) in [6.45, 7) is 3.62. The van der Waals surface area contributed by atoms with Gasteiger partial charge in [0.2, 0.25) is 0 Å². The molecular formula is C13H16N2O3S. The first-order valence-electron chi connectivity index (χ1n) is 5.87. The SMILES string of the molecule is CC(C)=C1CN(C(=O)N(C)c2ccccc2)S1(=O)=O. The molecule has 0 N–H and O–H groups in total. The number of allylic oxidation sites excluding steroid dienone is 1. The lowest BCUT2D eigenvalue weighted by molar-refractivity contribution is 0.230. The third kappa shape index (κ3) is 2.23. The third-order valence-electron chi connectivity index (χ3n) is 3.09. The maximum Gasteiger partial charge on any atom is 0.338 e. The number of benzene rings is 1. The van der Waals surface area contributed by atoms with Crippen LogP contribution in [0.1, 0.15) is 13.8 Å². The van der Waals surface area contributed by atoms with Gasteiger partial charge in [0.15, 0.2) is 0 Å². The zero-order valence-electron chi connectivity index (χ0n) is 11.1. The highest BCUT2D eigenvalue weighted by atomic mass is 32.2. The lowest BCUT2D eigenvalue weighted by Crippen LogP contribution is -2.54. The second-order valence-electron chi connectivity index (χ2n) is 4.61. The van der Waals surface area contributed by atoms with Crippen LogP contribution in [0.5, 0.6) is 0 Å². The van der Waals surface area contributed by atoms with E-state index in [2.05, 4.69) is 0 Å². The Bertz CT molecular complexity index is 631. The molecule has 102 valence electrons. The molecule has 0 unspecified atom stereocenters. The Labute approximate surface area is 113 Å². The summed E-state index contributed by atoms with van der Waals surface area (Å²) in [5.74, 6) is 0. The van der Waals surface area contributed by atoms with Crippen molar-refractivity contribution in [3.63, 3.8) is 0 Å². The first kappa shape index (κ1) is 13.6. The highest BCUT2D eigenvalue weighted by Crippen LogP contribution is 2.30. The van der Waals surface area contributed by atoms with Crippen molar-refractivity contribution in [3.05, 3.63) is 40.8 Å². The summed E-state index contributed by atoms with van der Waals surface area (Å²) in [4.78, 5) is 13.8. The van der Waals surface area contributed by atoms with Crippen molar-refractivity contribution in [1.29, 1.82) is 0 Å². The van der Waals surface area contributed by atoms with Gasteiger partial charge < -0.3 is 0 Å². The van der Waals surface area contributed by atoms with Crippen LogP contribution in [0.2, 0.25) is 0 Å². The quantitative estimate of drug-likeness (QED) is 0.792. The van der Waals surface area contributed by atoms with Crippen molar-refractivity contribution < 1.29 is 13.2 Å². The van der Waals surface area contributed by atoms with E-state index in [1.807, 2.05) is 6.07 Å². The van der Waals surface area contributed by atoms with Crippen molar-refractivity contribution in [1.82, 2.24) is 4.31 Å². The average molecular weight is 280 g/mol. The molecule has 1 aromatic rings. The lowest BCUT2D eigenvalue weighted by Gasteiger charge is -2.36. The molecule has 1 heterocycles. The number of hydrogen-bond donors (Lipinski definition) is 0. The molecule has 0 aromatic heterocycles. The molecule has 19 heavy (non-hydrogen) atoms. The van der Waals surface area contributed by atoms with Gasteiger partial charge in [0.1, 0.15) is 0 Å². The van der Waals surface area contributed by atoms with Gasteiger partial charge in [-0.15, -0.1) is 0 Å². The standard InChI is InChI=1S/C13H16N2O3S/c1-10(2)12-9-15(19(12,17)18)13(16)14(3)11-7-5-4-6-8-11/h4-8H,9H2,1-3H3. The summed E-state index contributed by atoms with van der Waals surface area (Å²) in [6, 6.07) is 8.41. The Balaban J connectivity index is 2.23. The van der Waals surface area contributed by atoms with Crippen molar-refractivity contribution in [2.75, 3.05) is 18.5 Å². The van der Waals surface area contributed by atoms with E-state index in [4.69, 9.17) is 0 Å². The van der Waals surface area contributed by atoms with Crippen LogP contribution in [0.4, 0.5) is 10.5 Å². The number of carbonyl (C=O) groups excluding carboxylic acids is 1. The predicted octanol–water partition coefficient (Wildman–Crippen LogP) is 2.18. The number of para-hydroxylation sites is 1. The van der Waals surface area contributed by atoms with Crippen LogP contribution < -0.4 is 4.90 Å². The third-order valence-corrected chi connectivity index (χ3v) is 5.12. The van der Waals surface area contributed by atoms with Crippen LogP contribution in [0.3, 0.4) is 0 Å². The van der Waals surface area contributed by atoms with Crippen LogP contribution in [0, 0.1) is 0 Å². The molecule has 1 aliphatic heterocycles. The molecule has 0 bridgehead atoms. The van der Waals surface area contributed by atoms with Crippen molar-refractivity contribution >= 4 is 21.7 Å². The zero-order chi connectivity index (χ0) is 14.2. The minimum Gasteiger partial charge on any atom is -0.297 e. The molecule has 1 aliphatic rings. The molecule has 0 radical (unpaired) electrons. The first-order chi connectivity index (χ1) is 8.85. The molecule has 0 atom stereocenters. The average Bonchev–Trinajstić information content (AvgIpc) is 2.37. The maximum atomic E-state index is 12.2. The lowest BCUT2D eigenvalue weighted by atomic mass is 10.3. The van der Waals surface area contributed by atoms with Crippen LogP contribution >= 0.6 is 0 Å². The largest absolute Gasteiger partial charge is 0.338 e. The van der Waals surface area contributed by atoms with Gasteiger partial charge in [-0.25, -0.2) is 17.5 Å². The van der Waals surface area contributed by atoms with Crippen LogP contribution in [-0.4, -0.2) is 32.3 Å². The van der Waals surface area contributed by atoms with E-state index in [1.165, 1.54) is 4.90 Å². The smallest absolute Gasteiger partial charge is 0.297 e. The van der Waals surface area contributed by atoms with Crippen LogP contribution in [0.15, 0.2) is 40.8 Å². The van der Waals surface area contributed by atoms with E-state index in [0.29, 0.717) is 10.6 Å². The van der Waals surface area contributed by atoms with E-state index in [9.17, 15) is 13.2 Å². The number of sulfonamides is 1. The molecule has 0 aliphatic carbocycles. The van der Waals surface area contributed by atoms with Crippen molar-refractivity contribution in [2.24, 2.45) is 0 Å². The summed E-state index contributed by atoms with van der Waals surface area (Å²) in [6.07, 6.45) is 0. The Morgan fingerprint density at radius 2 is 1.79 bits per heavy atom. The summed E-state index contributed by atoms with van der Waals surface area (Å²) in [5, 5.41) is 0. The van der Waals surface area contributed by atoms with Gasteiger partial charge in [-0.3, -0.25) is 4.90 Å². The second-order valence-corrected chi connectivity index (χ2v) is 6.50. The fourth-order valence-electron chi connectivity index (χ4n) is 1.88. The Kier molecular flexibility index (Phi) is 3.36. The fourth-order valence-corrected chi connectivity index (χ4v) is 3.37. The normalized spacial score (nSPS) is 16.8. The van der Waals surface area contributed by atoms with Gasteiger partial charge in [0, 0.05) is 12.7 Å². The Hall–Kier alpha value is -1.82. The van der Waals surface area contributed by atoms with Crippen LogP contribution in [-0.2, 0) is 10.0 Å². The van der Waals surface area contributed by atoms with Gasteiger partial charge in [-0.05, 0) is 26.0 Å². The molecule has 0 saturated carbocycles. The Morgan fingerprint density at radius 1 is 1.21 bits per heavy atom. The van der Waals surface area contributed by atoms with E-state index in [0.717, 1.165) is 9.88 Å². The highest BCUT2D eigenvalue weighted by Gasteiger charge is 2.44. The number of anilines is 1. The van der Waals surface area contributed by atoms with Gasteiger partial charge in [-0.1, -0.05) is 23.8 Å². The molecule has 1 saturated heterocycles. The highest BCUT2D eigenvalue weighted by molar-refractivity contribution is 7.95. The minimum atomic E-state index is -3.59.